The van der Waals surface area contributed by atoms with Crippen LogP contribution in [0.5, 0.6) is 0 Å². The standard InChI is InChI=1S/C13H18N2O/c1-9-10(8-15(2)3)4-6-12-11(9)5-7-13(16)14-12/h4,6H,5,7-8H2,1-3H3,(H,14,16). The molecule has 0 aromatic heterocycles. The second-order valence-corrected chi connectivity index (χ2v) is 4.66. The van der Waals surface area contributed by atoms with Crippen molar-refractivity contribution >= 4 is 11.6 Å². The number of hydrogen-bond acceptors (Lipinski definition) is 2. The van der Waals surface area contributed by atoms with Gasteiger partial charge in [0.25, 0.3) is 0 Å². The van der Waals surface area contributed by atoms with E-state index in [4.69, 9.17) is 0 Å². The van der Waals surface area contributed by atoms with E-state index in [1.165, 1.54) is 16.7 Å². The smallest absolute Gasteiger partial charge is 0.224 e. The van der Waals surface area contributed by atoms with Gasteiger partial charge in [-0.05, 0) is 50.2 Å². The summed E-state index contributed by atoms with van der Waals surface area (Å²) in [4.78, 5) is 13.4. The molecular weight excluding hydrogens is 200 g/mol. The number of nitrogens with zero attached hydrogens (tertiary/aromatic N) is 1. The van der Waals surface area contributed by atoms with Crippen molar-refractivity contribution in [1.29, 1.82) is 0 Å². The van der Waals surface area contributed by atoms with Crippen LogP contribution < -0.4 is 5.32 Å². The molecule has 0 radical (unpaired) electrons. The molecule has 0 saturated carbocycles. The molecule has 0 spiro atoms. The van der Waals surface area contributed by atoms with E-state index in [1.54, 1.807) is 0 Å². The lowest BCUT2D eigenvalue weighted by Crippen LogP contribution is -2.21. The molecule has 0 aliphatic carbocycles. The van der Waals surface area contributed by atoms with Crippen molar-refractivity contribution in [2.24, 2.45) is 0 Å². The Balaban J connectivity index is 2.36. The molecule has 0 unspecified atom stereocenters. The predicted molar refractivity (Wildman–Crippen MR) is 65.5 cm³/mol. The summed E-state index contributed by atoms with van der Waals surface area (Å²) in [5, 5.41) is 2.93. The summed E-state index contributed by atoms with van der Waals surface area (Å²) < 4.78 is 0. The number of carbonyl (C=O) groups is 1. The molecule has 16 heavy (non-hydrogen) atoms. The Kier molecular flexibility index (Phi) is 2.97. The minimum atomic E-state index is 0.132. The maximum Gasteiger partial charge on any atom is 0.224 e. The monoisotopic (exact) mass is 218 g/mol. The van der Waals surface area contributed by atoms with Crippen LogP contribution >= 0.6 is 0 Å². The van der Waals surface area contributed by atoms with E-state index >= 15 is 0 Å². The molecule has 1 heterocycles. The van der Waals surface area contributed by atoms with Gasteiger partial charge in [-0.1, -0.05) is 6.07 Å². The first-order chi connectivity index (χ1) is 7.58. The van der Waals surface area contributed by atoms with Crippen LogP contribution in [0.3, 0.4) is 0 Å². The third-order valence-electron chi connectivity index (χ3n) is 3.07. The summed E-state index contributed by atoms with van der Waals surface area (Å²) >= 11 is 0. The van der Waals surface area contributed by atoms with E-state index < -0.39 is 0 Å². The van der Waals surface area contributed by atoms with E-state index in [0.29, 0.717) is 6.42 Å². The van der Waals surface area contributed by atoms with Gasteiger partial charge in [0, 0.05) is 18.7 Å². The van der Waals surface area contributed by atoms with Gasteiger partial charge in [0.15, 0.2) is 0 Å². The second-order valence-electron chi connectivity index (χ2n) is 4.66. The number of hydrogen-bond donors (Lipinski definition) is 1. The minimum absolute atomic E-state index is 0.132. The summed E-state index contributed by atoms with van der Waals surface area (Å²) in [6, 6.07) is 4.14. The first kappa shape index (κ1) is 11.1. The van der Waals surface area contributed by atoms with Crippen molar-refractivity contribution in [1.82, 2.24) is 4.90 Å². The Bertz CT molecular complexity index is 424. The lowest BCUT2D eigenvalue weighted by Gasteiger charge is -2.22. The Morgan fingerprint density at radius 3 is 2.75 bits per heavy atom. The zero-order valence-corrected chi connectivity index (χ0v) is 10.1. The highest BCUT2D eigenvalue weighted by Crippen LogP contribution is 2.28. The van der Waals surface area contributed by atoms with E-state index in [9.17, 15) is 4.79 Å². The van der Waals surface area contributed by atoms with Crippen LogP contribution in [-0.2, 0) is 17.8 Å². The van der Waals surface area contributed by atoms with Crippen molar-refractivity contribution in [3.63, 3.8) is 0 Å². The molecule has 1 aliphatic rings. The average Bonchev–Trinajstić information content (AvgIpc) is 2.22. The quantitative estimate of drug-likeness (QED) is 0.822. The number of rotatable bonds is 2. The van der Waals surface area contributed by atoms with Gasteiger partial charge in [0.05, 0.1) is 0 Å². The number of benzene rings is 1. The van der Waals surface area contributed by atoms with Crippen molar-refractivity contribution in [2.45, 2.75) is 26.3 Å². The van der Waals surface area contributed by atoms with Crippen molar-refractivity contribution in [3.05, 3.63) is 28.8 Å². The zero-order valence-electron chi connectivity index (χ0n) is 10.1. The van der Waals surface area contributed by atoms with Crippen LogP contribution in [0, 0.1) is 6.92 Å². The first-order valence-corrected chi connectivity index (χ1v) is 5.64. The number of anilines is 1. The summed E-state index contributed by atoms with van der Waals surface area (Å²) in [6.07, 6.45) is 1.48. The van der Waals surface area contributed by atoms with E-state index in [1.807, 2.05) is 6.07 Å². The minimum Gasteiger partial charge on any atom is -0.326 e. The normalized spacial score (nSPS) is 14.9. The van der Waals surface area contributed by atoms with E-state index in [-0.39, 0.29) is 5.91 Å². The molecule has 1 amide bonds. The summed E-state index contributed by atoms with van der Waals surface area (Å²) in [5.41, 5.74) is 4.97. The summed E-state index contributed by atoms with van der Waals surface area (Å²) in [7, 11) is 4.14. The first-order valence-electron chi connectivity index (χ1n) is 5.64. The van der Waals surface area contributed by atoms with Gasteiger partial charge in [-0.3, -0.25) is 4.79 Å². The van der Waals surface area contributed by atoms with Crippen molar-refractivity contribution in [2.75, 3.05) is 19.4 Å². The van der Waals surface area contributed by atoms with Crippen LogP contribution in [0.1, 0.15) is 23.1 Å². The van der Waals surface area contributed by atoms with Gasteiger partial charge in [-0.25, -0.2) is 0 Å². The Hall–Kier alpha value is -1.35. The number of amides is 1. The fraction of sp³-hybridized carbons (Fsp3) is 0.462. The molecule has 0 fully saturated rings. The molecule has 3 heteroatoms. The number of nitrogens with one attached hydrogen (secondary N) is 1. The van der Waals surface area contributed by atoms with Gasteiger partial charge in [0.2, 0.25) is 5.91 Å². The van der Waals surface area contributed by atoms with Crippen LogP contribution in [0.4, 0.5) is 5.69 Å². The van der Waals surface area contributed by atoms with Gasteiger partial charge < -0.3 is 10.2 Å². The lowest BCUT2D eigenvalue weighted by molar-refractivity contribution is -0.116. The summed E-state index contributed by atoms with van der Waals surface area (Å²) in [6.45, 7) is 3.10. The largest absolute Gasteiger partial charge is 0.326 e. The summed E-state index contributed by atoms with van der Waals surface area (Å²) in [5.74, 6) is 0.132. The molecular formula is C13H18N2O. The molecule has 1 aromatic carbocycles. The van der Waals surface area contributed by atoms with E-state index in [0.717, 1.165) is 18.7 Å². The molecule has 2 rings (SSSR count). The molecule has 3 nitrogen and oxygen atoms in total. The van der Waals surface area contributed by atoms with Gasteiger partial charge in [-0.15, -0.1) is 0 Å². The number of fused-ring (bicyclic) bond motifs is 1. The highest BCUT2D eigenvalue weighted by Gasteiger charge is 2.17. The average molecular weight is 218 g/mol. The Labute approximate surface area is 96.5 Å². The molecule has 86 valence electrons. The second kappa shape index (κ2) is 4.26. The van der Waals surface area contributed by atoms with E-state index in [2.05, 4.69) is 37.3 Å². The predicted octanol–water partition coefficient (Wildman–Crippen LogP) is 1.94. The van der Waals surface area contributed by atoms with Gasteiger partial charge in [-0.2, -0.15) is 0 Å². The fourth-order valence-electron chi connectivity index (χ4n) is 2.21. The Morgan fingerprint density at radius 2 is 2.06 bits per heavy atom. The third kappa shape index (κ3) is 2.09. The van der Waals surface area contributed by atoms with Gasteiger partial charge >= 0.3 is 0 Å². The Morgan fingerprint density at radius 1 is 1.31 bits per heavy atom. The highest BCUT2D eigenvalue weighted by molar-refractivity contribution is 5.94. The van der Waals surface area contributed by atoms with Gasteiger partial charge in [0.1, 0.15) is 0 Å². The molecule has 1 N–H and O–H groups in total. The molecule has 0 saturated heterocycles. The maximum atomic E-state index is 11.3. The molecule has 0 atom stereocenters. The van der Waals surface area contributed by atoms with Crippen LogP contribution in [-0.4, -0.2) is 24.9 Å². The maximum absolute atomic E-state index is 11.3. The van der Waals surface area contributed by atoms with Crippen molar-refractivity contribution < 1.29 is 4.79 Å². The fourth-order valence-corrected chi connectivity index (χ4v) is 2.21. The SMILES string of the molecule is Cc1c(CN(C)C)ccc2c1CCC(=O)N2. The number of carbonyl (C=O) groups excluding carboxylic acids is 1. The van der Waals surface area contributed by atoms with Crippen LogP contribution in [0.2, 0.25) is 0 Å². The highest BCUT2D eigenvalue weighted by atomic mass is 16.1. The van der Waals surface area contributed by atoms with Crippen LogP contribution in [0.25, 0.3) is 0 Å². The third-order valence-corrected chi connectivity index (χ3v) is 3.07. The zero-order chi connectivity index (χ0) is 11.7. The molecule has 0 bridgehead atoms. The lowest BCUT2D eigenvalue weighted by atomic mass is 9.94. The molecule has 1 aliphatic heterocycles. The topological polar surface area (TPSA) is 32.3 Å². The molecule has 1 aromatic rings. The van der Waals surface area contributed by atoms with Crippen molar-refractivity contribution in [3.8, 4) is 0 Å². The van der Waals surface area contributed by atoms with Crippen LogP contribution in [0.15, 0.2) is 12.1 Å².